The Hall–Kier alpha value is -1.06. The Bertz CT molecular complexity index is 359. The average Bonchev–Trinajstić information content (AvgIpc) is 2.28. The summed E-state index contributed by atoms with van der Waals surface area (Å²) in [5.41, 5.74) is 1.14. The second kappa shape index (κ2) is 6.21. The summed E-state index contributed by atoms with van der Waals surface area (Å²) in [6.45, 7) is 2.36. The van der Waals surface area contributed by atoms with Crippen LogP contribution in [0.1, 0.15) is 31.7 Å². The van der Waals surface area contributed by atoms with Crippen molar-refractivity contribution in [3.05, 3.63) is 29.8 Å². The van der Waals surface area contributed by atoms with Gasteiger partial charge in [-0.1, -0.05) is 18.6 Å². The van der Waals surface area contributed by atoms with Crippen molar-refractivity contribution in [3.63, 3.8) is 0 Å². The van der Waals surface area contributed by atoms with Crippen LogP contribution in [-0.2, 0) is 6.42 Å². The zero-order valence-electron chi connectivity index (χ0n) is 11.0. The third kappa shape index (κ3) is 3.47. The molecule has 1 aromatic rings. The first kappa shape index (κ1) is 13.4. The number of phenolic OH excluding ortho intramolecular Hbond substituents is 1. The summed E-state index contributed by atoms with van der Waals surface area (Å²) in [5, 5.41) is 22.2. The number of hydrogen-bond acceptors (Lipinski definition) is 3. The normalized spacial score (nSPS) is 19.2. The summed E-state index contributed by atoms with van der Waals surface area (Å²) >= 11 is 0. The molecule has 1 aliphatic carbocycles. The second-order valence-electron chi connectivity index (χ2n) is 5.40. The highest BCUT2D eigenvalue weighted by molar-refractivity contribution is 5.26. The number of nitrogens with one attached hydrogen (secondary N) is 1. The molecule has 0 aromatic heterocycles. The molecule has 3 nitrogen and oxygen atoms in total. The van der Waals surface area contributed by atoms with Crippen LogP contribution in [0.5, 0.6) is 5.75 Å². The predicted octanol–water partition coefficient (Wildman–Crippen LogP) is 2.07. The molecule has 1 aliphatic rings. The van der Waals surface area contributed by atoms with Crippen LogP contribution in [0.25, 0.3) is 0 Å². The Balaban J connectivity index is 1.86. The first-order valence-corrected chi connectivity index (χ1v) is 6.84. The summed E-state index contributed by atoms with van der Waals surface area (Å²) < 4.78 is 0. The van der Waals surface area contributed by atoms with Gasteiger partial charge in [-0.15, -0.1) is 0 Å². The van der Waals surface area contributed by atoms with Gasteiger partial charge >= 0.3 is 0 Å². The van der Waals surface area contributed by atoms with Gasteiger partial charge in [-0.25, -0.2) is 0 Å². The van der Waals surface area contributed by atoms with Crippen molar-refractivity contribution in [1.82, 2.24) is 5.32 Å². The van der Waals surface area contributed by atoms with E-state index in [1.54, 1.807) is 12.1 Å². The third-order valence-corrected chi connectivity index (χ3v) is 3.99. The molecular weight excluding hydrogens is 226 g/mol. The van der Waals surface area contributed by atoms with Gasteiger partial charge in [-0.05, 0) is 49.8 Å². The largest absolute Gasteiger partial charge is 0.508 e. The van der Waals surface area contributed by atoms with Crippen molar-refractivity contribution in [2.75, 3.05) is 6.61 Å². The highest BCUT2D eigenvalue weighted by Gasteiger charge is 2.25. The minimum atomic E-state index is 0.102. The SMILES string of the molecule is C[C@H](N[C@H](CO)Cc1ccc(O)cc1)C1CCC1. The van der Waals surface area contributed by atoms with E-state index in [4.69, 9.17) is 0 Å². The molecule has 1 aromatic carbocycles. The fourth-order valence-corrected chi connectivity index (χ4v) is 2.54. The van der Waals surface area contributed by atoms with E-state index < -0.39 is 0 Å². The highest BCUT2D eigenvalue weighted by atomic mass is 16.3. The molecule has 1 saturated carbocycles. The molecule has 3 heteroatoms. The van der Waals surface area contributed by atoms with Crippen LogP contribution >= 0.6 is 0 Å². The third-order valence-electron chi connectivity index (χ3n) is 3.99. The minimum Gasteiger partial charge on any atom is -0.508 e. The summed E-state index contributed by atoms with van der Waals surface area (Å²) in [4.78, 5) is 0. The average molecular weight is 249 g/mol. The molecule has 0 bridgehead atoms. The molecule has 0 spiro atoms. The lowest BCUT2D eigenvalue weighted by Gasteiger charge is -2.34. The van der Waals surface area contributed by atoms with Crippen LogP contribution < -0.4 is 5.32 Å². The molecule has 1 fully saturated rings. The molecule has 0 heterocycles. The molecule has 0 radical (unpaired) electrons. The van der Waals surface area contributed by atoms with E-state index in [1.807, 2.05) is 12.1 Å². The lowest BCUT2D eigenvalue weighted by Crippen LogP contribution is -2.45. The van der Waals surface area contributed by atoms with Gasteiger partial charge in [0.15, 0.2) is 0 Å². The van der Waals surface area contributed by atoms with E-state index in [0.29, 0.717) is 6.04 Å². The molecule has 100 valence electrons. The maximum absolute atomic E-state index is 9.45. The first-order chi connectivity index (χ1) is 8.69. The van der Waals surface area contributed by atoms with Crippen molar-refractivity contribution in [1.29, 1.82) is 0 Å². The smallest absolute Gasteiger partial charge is 0.115 e. The van der Waals surface area contributed by atoms with Gasteiger partial charge in [0.25, 0.3) is 0 Å². The molecule has 2 atom stereocenters. The van der Waals surface area contributed by atoms with Crippen LogP contribution in [0.2, 0.25) is 0 Å². The zero-order valence-corrected chi connectivity index (χ0v) is 11.0. The van der Waals surface area contributed by atoms with Gasteiger partial charge in [0.1, 0.15) is 5.75 Å². The van der Waals surface area contributed by atoms with Gasteiger partial charge in [0.2, 0.25) is 0 Å². The minimum absolute atomic E-state index is 0.102. The molecule has 0 saturated heterocycles. The molecule has 18 heavy (non-hydrogen) atoms. The number of rotatable bonds is 6. The van der Waals surface area contributed by atoms with Crippen LogP contribution in [-0.4, -0.2) is 28.9 Å². The van der Waals surface area contributed by atoms with Crippen molar-refractivity contribution in [2.45, 2.75) is 44.7 Å². The molecule has 0 amide bonds. The summed E-state index contributed by atoms with van der Waals surface area (Å²) in [6.07, 6.45) is 4.77. The summed E-state index contributed by atoms with van der Waals surface area (Å²) in [5.74, 6) is 1.06. The monoisotopic (exact) mass is 249 g/mol. The number of benzene rings is 1. The van der Waals surface area contributed by atoms with E-state index in [1.165, 1.54) is 19.3 Å². The standard InChI is InChI=1S/C15H23NO2/c1-11(13-3-2-4-13)16-14(10-17)9-12-5-7-15(18)8-6-12/h5-8,11,13-14,16-18H,2-4,9-10H2,1H3/t11-,14-/m0/s1. The highest BCUT2D eigenvalue weighted by Crippen LogP contribution is 2.29. The number of hydrogen-bond donors (Lipinski definition) is 3. The molecular formula is C15H23NO2. The number of aromatic hydroxyl groups is 1. The van der Waals surface area contributed by atoms with Crippen molar-refractivity contribution in [2.24, 2.45) is 5.92 Å². The van der Waals surface area contributed by atoms with Gasteiger partial charge in [-0.3, -0.25) is 0 Å². The van der Waals surface area contributed by atoms with Gasteiger partial charge < -0.3 is 15.5 Å². The Morgan fingerprint density at radius 2 is 1.94 bits per heavy atom. The molecule has 0 aliphatic heterocycles. The Morgan fingerprint density at radius 3 is 2.44 bits per heavy atom. The quantitative estimate of drug-likeness (QED) is 0.723. The van der Waals surface area contributed by atoms with Gasteiger partial charge in [0.05, 0.1) is 6.61 Å². The zero-order chi connectivity index (χ0) is 13.0. The number of phenols is 1. The Morgan fingerprint density at radius 1 is 1.28 bits per heavy atom. The van der Waals surface area contributed by atoms with E-state index >= 15 is 0 Å². The fraction of sp³-hybridized carbons (Fsp3) is 0.600. The summed E-state index contributed by atoms with van der Waals surface area (Å²) in [6, 6.07) is 7.79. The van der Waals surface area contributed by atoms with Crippen LogP contribution in [0.4, 0.5) is 0 Å². The second-order valence-corrected chi connectivity index (χ2v) is 5.40. The maximum Gasteiger partial charge on any atom is 0.115 e. The number of aliphatic hydroxyl groups is 1. The lowest BCUT2D eigenvalue weighted by molar-refractivity contribution is 0.185. The lowest BCUT2D eigenvalue weighted by atomic mass is 9.80. The van der Waals surface area contributed by atoms with E-state index in [0.717, 1.165) is 17.9 Å². The molecule has 2 rings (SSSR count). The van der Waals surface area contributed by atoms with Crippen molar-refractivity contribution >= 4 is 0 Å². The first-order valence-electron chi connectivity index (χ1n) is 6.84. The van der Waals surface area contributed by atoms with Crippen LogP contribution in [0.3, 0.4) is 0 Å². The predicted molar refractivity (Wildman–Crippen MR) is 72.6 cm³/mol. The topological polar surface area (TPSA) is 52.5 Å². The number of aliphatic hydroxyl groups excluding tert-OH is 1. The van der Waals surface area contributed by atoms with Crippen molar-refractivity contribution in [3.8, 4) is 5.75 Å². The van der Waals surface area contributed by atoms with Gasteiger partial charge in [-0.2, -0.15) is 0 Å². The summed E-state index contributed by atoms with van der Waals surface area (Å²) in [7, 11) is 0. The maximum atomic E-state index is 9.45. The van der Waals surface area contributed by atoms with Crippen molar-refractivity contribution < 1.29 is 10.2 Å². The van der Waals surface area contributed by atoms with E-state index in [-0.39, 0.29) is 18.4 Å². The van der Waals surface area contributed by atoms with Crippen LogP contribution in [0.15, 0.2) is 24.3 Å². The van der Waals surface area contributed by atoms with E-state index in [2.05, 4.69) is 12.2 Å². The Labute approximate surface area is 109 Å². The van der Waals surface area contributed by atoms with Crippen LogP contribution in [0, 0.1) is 5.92 Å². The molecule has 0 unspecified atom stereocenters. The van der Waals surface area contributed by atoms with E-state index in [9.17, 15) is 10.2 Å². The van der Waals surface area contributed by atoms with Gasteiger partial charge in [0, 0.05) is 12.1 Å². The molecule has 3 N–H and O–H groups in total. The fourth-order valence-electron chi connectivity index (χ4n) is 2.54. The Kier molecular flexibility index (Phi) is 4.61.